The minimum atomic E-state index is -0.246. The molecule has 0 spiro atoms. The number of likely N-dealkylation sites (N-methyl/N-ethyl adjacent to an activating group) is 1. The van der Waals surface area contributed by atoms with Gasteiger partial charge in [-0.25, -0.2) is 0 Å². The summed E-state index contributed by atoms with van der Waals surface area (Å²) < 4.78 is 0. The van der Waals surface area contributed by atoms with Gasteiger partial charge in [-0.3, -0.25) is 9.59 Å². The predicted octanol–water partition coefficient (Wildman–Crippen LogP) is -0.172. The molecule has 0 radical (unpaired) electrons. The van der Waals surface area contributed by atoms with Crippen LogP contribution in [0.1, 0.15) is 17.3 Å². The number of hydrogen-bond acceptors (Lipinski definition) is 3. The second-order valence-corrected chi connectivity index (χ2v) is 3.39. The Hall–Kier alpha value is -1.62. The van der Waals surface area contributed by atoms with Gasteiger partial charge < -0.3 is 15.0 Å². The van der Waals surface area contributed by atoms with Crippen molar-refractivity contribution in [3.63, 3.8) is 0 Å². The van der Waals surface area contributed by atoms with Gasteiger partial charge in [0.2, 0.25) is 5.56 Å². The van der Waals surface area contributed by atoms with Gasteiger partial charge in [0, 0.05) is 19.3 Å². The maximum absolute atomic E-state index is 11.7. The van der Waals surface area contributed by atoms with E-state index in [1.54, 1.807) is 14.0 Å². The molecular weight excluding hydrogens is 196 g/mol. The van der Waals surface area contributed by atoms with E-state index in [-0.39, 0.29) is 24.1 Å². The Morgan fingerprint density at radius 1 is 1.60 bits per heavy atom. The third-order valence-electron chi connectivity index (χ3n) is 2.28. The average molecular weight is 210 g/mol. The Morgan fingerprint density at radius 3 is 2.73 bits per heavy atom. The number of pyridine rings is 1. The van der Waals surface area contributed by atoms with Crippen LogP contribution in [-0.2, 0) is 0 Å². The zero-order valence-corrected chi connectivity index (χ0v) is 8.73. The summed E-state index contributed by atoms with van der Waals surface area (Å²) in [6.07, 6.45) is 1.37. The maximum atomic E-state index is 11.7. The first-order valence-corrected chi connectivity index (χ1v) is 4.63. The second kappa shape index (κ2) is 4.75. The van der Waals surface area contributed by atoms with Crippen molar-refractivity contribution in [3.8, 4) is 0 Å². The number of H-pyrrole nitrogens is 1. The van der Waals surface area contributed by atoms with Crippen LogP contribution < -0.4 is 5.56 Å². The van der Waals surface area contributed by atoms with E-state index in [0.29, 0.717) is 5.56 Å². The number of nitrogens with zero attached hydrogens (tertiary/aromatic N) is 1. The number of nitrogens with one attached hydrogen (secondary N) is 1. The van der Waals surface area contributed by atoms with E-state index < -0.39 is 0 Å². The Bertz CT molecular complexity index is 379. The van der Waals surface area contributed by atoms with E-state index in [9.17, 15) is 9.59 Å². The van der Waals surface area contributed by atoms with Crippen LogP contribution in [0.2, 0.25) is 0 Å². The standard InChI is InChI=1S/C10H14N2O3/c1-7(6-13)12(2)10(15)8-3-4-9(14)11-5-8/h3-5,7,13H,6H2,1-2H3,(H,11,14). The Kier molecular flexibility index (Phi) is 3.62. The molecule has 1 atom stereocenters. The van der Waals surface area contributed by atoms with Crippen molar-refractivity contribution in [2.45, 2.75) is 13.0 Å². The summed E-state index contributed by atoms with van der Waals surface area (Å²) in [6, 6.07) is 2.51. The molecule has 0 saturated carbocycles. The van der Waals surface area contributed by atoms with Crippen LogP contribution in [0.3, 0.4) is 0 Å². The van der Waals surface area contributed by atoms with Crippen molar-refractivity contribution in [1.29, 1.82) is 0 Å². The lowest BCUT2D eigenvalue weighted by atomic mass is 10.2. The SMILES string of the molecule is CC(CO)N(C)C(=O)c1ccc(=O)[nH]c1. The fourth-order valence-electron chi connectivity index (χ4n) is 1.07. The highest BCUT2D eigenvalue weighted by atomic mass is 16.3. The highest BCUT2D eigenvalue weighted by Crippen LogP contribution is 2.03. The van der Waals surface area contributed by atoms with Gasteiger partial charge in [0.1, 0.15) is 0 Å². The predicted molar refractivity (Wildman–Crippen MR) is 55.7 cm³/mol. The van der Waals surface area contributed by atoms with Crippen LogP contribution in [0.15, 0.2) is 23.1 Å². The molecule has 1 aromatic rings. The normalized spacial score (nSPS) is 12.2. The number of aliphatic hydroxyl groups excluding tert-OH is 1. The van der Waals surface area contributed by atoms with Gasteiger partial charge in [-0.2, -0.15) is 0 Å². The van der Waals surface area contributed by atoms with Crippen LogP contribution in [0.4, 0.5) is 0 Å². The monoisotopic (exact) mass is 210 g/mol. The van der Waals surface area contributed by atoms with Crippen molar-refractivity contribution in [2.24, 2.45) is 0 Å². The third-order valence-corrected chi connectivity index (χ3v) is 2.28. The maximum Gasteiger partial charge on any atom is 0.255 e. The summed E-state index contributed by atoms with van der Waals surface area (Å²) >= 11 is 0. The number of aromatic nitrogens is 1. The minimum Gasteiger partial charge on any atom is -0.394 e. The topological polar surface area (TPSA) is 73.4 Å². The summed E-state index contributed by atoms with van der Waals surface area (Å²) in [5.41, 5.74) is 0.154. The average Bonchev–Trinajstić information content (AvgIpc) is 2.27. The van der Waals surface area contributed by atoms with Gasteiger partial charge in [-0.05, 0) is 13.0 Å². The van der Waals surface area contributed by atoms with Crippen LogP contribution in [0.25, 0.3) is 0 Å². The molecule has 0 aliphatic carbocycles. The fourth-order valence-corrected chi connectivity index (χ4v) is 1.07. The van der Waals surface area contributed by atoms with E-state index in [0.717, 1.165) is 0 Å². The number of carbonyl (C=O) groups excluding carboxylic acids is 1. The lowest BCUT2D eigenvalue weighted by Crippen LogP contribution is -2.37. The Labute approximate surface area is 87.4 Å². The molecule has 1 unspecified atom stereocenters. The molecule has 1 rings (SSSR count). The van der Waals surface area contributed by atoms with Crippen molar-refractivity contribution >= 4 is 5.91 Å². The van der Waals surface area contributed by atoms with E-state index >= 15 is 0 Å². The van der Waals surface area contributed by atoms with Gasteiger partial charge >= 0.3 is 0 Å². The molecule has 0 fully saturated rings. The molecule has 0 aromatic carbocycles. The number of rotatable bonds is 3. The van der Waals surface area contributed by atoms with Gasteiger partial charge in [0.25, 0.3) is 5.91 Å². The first kappa shape index (κ1) is 11.5. The molecule has 1 aromatic heterocycles. The highest BCUT2D eigenvalue weighted by molar-refractivity contribution is 5.93. The van der Waals surface area contributed by atoms with Crippen LogP contribution in [-0.4, -0.2) is 40.6 Å². The zero-order chi connectivity index (χ0) is 11.4. The van der Waals surface area contributed by atoms with Crippen LogP contribution >= 0.6 is 0 Å². The molecule has 1 amide bonds. The van der Waals surface area contributed by atoms with E-state index in [1.807, 2.05) is 0 Å². The number of amides is 1. The molecule has 15 heavy (non-hydrogen) atoms. The van der Waals surface area contributed by atoms with Crippen molar-refractivity contribution < 1.29 is 9.90 Å². The summed E-state index contributed by atoms with van der Waals surface area (Å²) in [6.45, 7) is 1.65. The number of aliphatic hydroxyl groups is 1. The van der Waals surface area contributed by atoms with Gasteiger partial charge in [0.15, 0.2) is 0 Å². The van der Waals surface area contributed by atoms with E-state index in [1.165, 1.54) is 23.2 Å². The quantitative estimate of drug-likeness (QED) is 0.727. The van der Waals surface area contributed by atoms with Crippen molar-refractivity contribution in [3.05, 3.63) is 34.2 Å². The number of carbonyl (C=O) groups is 1. The first-order chi connectivity index (χ1) is 7.06. The smallest absolute Gasteiger partial charge is 0.255 e. The van der Waals surface area contributed by atoms with Crippen LogP contribution in [0.5, 0.6) is 0 Å². The lowest BCUT2D eigenvalue weighted by molar-refractivity contribution is 0.0681. The lowest BCUT2D eigenvalue weighted by Gasteiger charge is -2.22. The minimum absolute atomic E-state index is 0.0917. The largest absolute Gasteiger partial charge is 0.394 e. The molecule has 82 valence electrons. The fraction of sp³-hybridized carbons (Fsp3) is 0.400. The molecule has 2 N–H and O–H groups in total. The molecule has 0 bridgehead atoms. The summed E-state index contributed by atoms with van der Waals surface area (Å²) in [5, 5.41) is 8.89. The van der Waals surface area contributed by atoms with Crippen molar-refractivity contribution in [1.82, 2.24) is 9.88 Å². The summed E-state index contributed by atoms with van der Waals surface area (Å²) in [7, 11) is 1.61. The molecule has 0 aliphatic rings. The Morgan fingerprint density at radius 2 is 2.27 bits per heavy atom. The van der Waals surface area contributed by atoms with Crippen LogP contribution in [0, 0.1) is 0 Å². The molecule has 5 nitrogen and oxygen atoms in total. The highest BCUT2D eigenvalue weighted by Gasteiger charge is 2.16. The molecule has 0 aliphatic heterocycles. The Balaban J connectivity index is 2.85. The number of hydrogen-bond donors (Lipinski definition) is 2. The van der Waals surface area contributed by atoms with Crippen molar-refractivity contribution in [2.75, 3.05) is 13.7 Å². The summed E-state index contributed by atoms with van der Waals surface area (Å²) in [5.74, 6) is -0.229. The van der Waals surface area contributed by atoms with Gasteiger partial charge in [0.05, 0.1) is 18.2 Å². The zero-order valence-electron chi connectivity index (χ0n) is 8.73. The molecular formula is C10H14N2O3. The molecule has 5 heteroatoms. The van der Waals surface area contributed by atoms with Gasteiger partial charge in [-0.1, -0.05) is 0 Å². The summed E-state index contributed by atoms with van der Waals surface area (Å²) in [4.78, 5) is 26.4. The third kappa shape index (κ3) is 2.66. The first-order valence-electron chi connectivity index (χ1n) is 4.63. The number of aromatic amines is 1. The second-order valence-electron chi connectivity index (χ2n) is 3.39. The van der Waals surface area contributed by atoms with E-state index in [2.05, 4.69) is 4.98 Å². The van der Waals surface area contributed by atoms with E-state index in [4.69, 9.17) is 5.11 Å². The molecule has 1 heterocycles. The van der Waals surface area contributed by atoms with Gasteiger partial charge in [-0.15, -0.1) is 0 Å². The molecule has 0 saturated heterocycles.